The fourth-order valence-corrected chi connectivity index (χ4v) is 2.86. The van der Waals surface area contributed by atoms with Gasteiger partial charge >= 0.3 is 0 Å². The molecule has 120 valence electrons. The van der Waals surface area contributed by atoms with E-state index in [1.807, 2.05) is 36.4 Å². The van der Waals surface area contributed by atoms with Crippen LogP contribution >= 0.6 is 0 Å². The molecule has 1 saturated carbocycles. The van der Waals surface area contributed by atoms with Crippen molar-refractivity contribution in [3.8, 4) is 11.5 Å². The van der Waals surface area contributed by atoms with E-state index in [1.54, 1.807) is 26.4 Å². The Hall–Kier alpha value is -2.49. The van der Waals surface area contributed by atoms with Crippen molar-refractivity contribution in [2.75, 3.05) is 19.5 Å². The van der Waals surface area contributed by atoms with E-state index < -0.39 is 0 Å². The number of hydrogen-bond donors (Lipinski definition) is 1. The molecule has 1 atom stereocenters. The van der Waals surface area contributed by atoms with Crippen LogP contribution in [0.1, 0.15) is 24.3 Å². The largest absolute Gasteiger partial charge is 0.493 e. The maximum atomic E-state index is 12.8. The molecule has 0 saturated heterocycles. The predicted octanol–water partition coefficient (Wildman–Crippen LogP) is 3.84. The van der Waals surface area contributed by atoms with E-state index in [0.717, 1.165) is 18.4 Å². The summed E-state index contributed by atoms with van der Waals surface area (Å²) in [5.74, 6) is 1.63. The number of nitrogens with one attached hydrogen (secondary N) is 1. The monoisotopic (exact) mass is 311 g/mol. The third-order valence-corrected chi connectivity index (χ3v) is 4.19. The van der Waals surface area contributed by atoms with Crippen LogP contribution in [0.2, 0.25) is 0 Å². The zero-order valence-electron chi connectivity index (χ0n) is 13.4. The summed E-state index contributed by atoms with van der Waals surface area (Å²) < 4.78 is 10.5. The standard InChI is InChI=1S/C19H21NO3/c1-22-16-11-10-15(12-17(16)23-2)20-19(21)18(14-8-9-14)13-6-4-3-5-7-13/h3-7,10-12,14,18H,8-9H2,1-2H3,(H,20,21). The van der Waals surface area contributed by atoms with Crippen molar-refractivity contribution in [1.82, 2.24) is 0 Å². The van der Waals surface area contributed by atoms with E-state index in [0.29, 0.717) is 23.1 Å². The third-order valence-electron chi connectivity index (χ3n) is 4.19. The number of amides is 1. The highest BCUT2D eigenvalue weighted by atomic mass is 16.5. The van der Waals surface area contributed by atoms with E-state index in [-0.39, 0.29) is 11.8 Å². The van der Waals surface area contributed by atoms with Gasteiger partial charge in [0.25, 0.3) is 0 Å². The van der Waals surface area contributed by atoms with Crippen molar-refractivity contribution in [2.24, 2.45) is 5.92 Å². The fourth-order valence-electron chi connectivity index (χ4n) is 2.86. The normalized spacial score (nSPS) is 14.9. The van der Waals surface area contributed by atoms with E-state index in [2.05, 4.69) is 5.32 Å². The van der Waals surface area contributed by atoms with Gasteiger partial charge < -0.3 is 14.8 Å². The number of hydrogen-bond acceptors (Lipinski definition) is 3. The third kappa shape index (κ3) is 3.47. The highest BCUT2D eigenvalue weighted by molar-refractivity contribution is 5.96. The molecule has 2 aromatic rings. The molecule has 1 N–H and O–H groups in total. The van der Waals surface area contributed by atoms with Crippen molar-refractivity contribution in [2.45, 2.75) is 18.8 Å². The molecule has 0 heterocycles. The van der Waals surface area contributed by atoms with Crippen LogP contribution in [0.25, 0.3) is 0 Å². The van der Waals surface area contributed by atoms with Crippen LogP contribution < -0.4 is 14.8 Å². The van der Waals surface area contributed by atoms with E-state index in [1.165, 1.54) is 0 Å². The second-order valence-electron chi connectivity index (χ2n) is 5.78. The first kappa shape index (κ1) is 15.4. The van der Waals surface area contributed by atoms with Gasteiger partial charge in [0.1, 0.15) is 0 Å². The molecule has 0 radical (unpaired) electrons. The lowest BCUT2D eigenvalue weighted by molar-refractivity contribution is -0.118. The van der Waals surface area contributed by atoms with Crippen LogP contribution in [0.15, 0.2) is 48.5 Å². The van der Waals surface area contributed by atoms with Crippen molar-refractivity contribution >= 4 is 11.6 Å². The number of ether oxygens (including phenoxy) is 2. The molecule has 0 bridgehead atoms. The van der Waals surface area contributed by atoms with Gasteiger partial charge in [0.05, 0.1) is 20.1 Å². The van der Waals surface area contributed by atoms with Gasteiger partial charge in [-0.05, 0) is 36.5 Å². The van der Waals surface area contributed by atoms with Gasteiger partial charge in [0, 0.05) is 11.8 Å². The molecule has 23 heavy (non-hydrogen) atoms. The Bertz CT molecular complexity index is 680. The first-order valence-electron chi connectivity index (χ1n) is 7.80. The average molecular weight is 311 g/mol. The van der Waals surface area contributed by atoms with Crippen LogP contribution in [0.5, 0.6) is 11.5 Å². The predicted molar refractivity (Wildman–Crippen MR) is 90.1 cm³/mol. The van der Waals surface area contributed by atoms with Gasteiger partial charge in [-0.25, -0.2) is 0 Å². The second kappa shape index (κ2) is 6.73. The summed E-state index contributed by atoms with van der Waals surface area (Å²) in [5, 5.41) is 3.01. The summed E-state index contributed by atoms with van der Waals surface area (Å²) in [5.41, 5.74) is 1.79. The zero-order chi connectivity index (χ0) is 16.2. The van der Waals surface area contributed by atoms with Gasteiger partial charge in [0.2, 0.25) is 5.91 Å². The SMILES string of the molecule is COc1ccc(NC(=O)C(c2ccccc2)C2CC2)cc1OC. The number of benzene rings is 2. The number of methoxy groups -OCH3 is 2. The summed E-state index contributed by atoms with van der Waals surface area (Å²) in [6.45, 7) is 0. The van der Waals surface area contributed by atoms with Crippen LogP contribution in [0.4, 0.5) is 5.69 Å². The highest BCUT2D eigenvalue weighted by Gasteiger charge is 2.37. The second-order valence-corrected chi connectivity index (χ2v) is 5.78. The number of rotatable bonds is 6. The molecule has 1 fully saturated rings. The molecule has 0 aliphatic heterocycles. The van der Waals surface area contributed by atoms with Crippen molar-refractivity contribution < 1.29 is 14.3 Å². The lowest BCUT2D eigenvalue weighted by Crippen LogP contribution is -2.22. The van der Waals surface area contributed by atoms with Crippen molar-refractivity contribution in [1.29, 1.82) is 0 Å². The topological polar surface area (TPSA) is 47.6 Å². The van der Waals surface area contributed by atoms with Gasteiger partial charge in [0.15, 0.2) is 11.5 Å². The average Bonchev–Trinajstić information content (AvgIpc) is 3.40. The molecular formula is C19H21NO3. The van der Waals surface area contributed by atoms with Crippen LogP contribution in [-0.2, 0) is 4.79 Å². The minimum atomic E-state index is -0.0932. The minimum Gasteiger partial charge on any atom is -0.493 e. The molecule has 1 aliphatic rings. The number of anilines is 1. The molecular weight excluding hydrogens is 290 g/mol. The first-order chi connectivity index (χ1) is 11.2. The molecule has 1 aliphatic carbocycles. The Morgan fingerprint density at radius 1 is 1.04 bits per heavy atom. The Morgan fingerprint density at radius 3 is 2.35 bits per heavy atom. The summed E-state index contributed by atoms with van der Waals surface area (Å²) in [4.78, 5) is 12.8. The Morgan fingerprint density at radius 2 is 1.74 bits per heavy atom. The van der Waals surface area contributed by atoms with Crippen molar-refractivity contribution in [3.63, 3.8) is 0 Å². The molecule has 4 heteroatoms. The summed E-state index contributed by atoms with van der Waals surface area (Å²) in [6, 6.07) is 15.4. The smallest absolute Gasteiger partial charge is 0.232 e. The van der Waals surface area contributed by atoms with Crippen molar-refractivity contribution in [3.05, 3.63) is 54.1 Å². The Kier molecular flexibility index (Phi) is 4.51. The number of carbonyl (C=O) groups excluding carboxylic acids is 1. The zero-order valence-corrected chi connectivity index (χ0v) is 13.4. The lowest BCUT2D eigenvalue weighted by atomic mass is 9.93. The summed E-state index contributed by atoms with van der Waals surface area (Å²) in [7, 11) is 3.18. The highest BCUT2D eigenvalue weighted by Crippen LogP contribution is 2.43. The molecule has 3 rings (SSSR count). The Labute approximate surface area is 136 Å². The molecule has 1 amide bonds. The van der Waals surface area contributed by atoms with Crippen LogP contribution in [0, 0.1) is 5.92 Å². The maximum absolute atomic E-state index is 12.8. The van der Waals surface area contributed by atoms with Crippen LogP contribution in [0.3, 0.4) is 0 Å². The Balaban J connectivity index is 1.80. The summed E-state index contributed by atoms with van der Waals surface area (Å²) in [6.07, 6.45) is 2.22. The lowest BCUT2D eigenvalue weighted by Gasteiger charge is -2.17. The van der Waals surface area contributed by atoms with Crippen LogP contribution in [-0.4, -0.2) is 20.1 Å². The molecule has 4 nitrogen and oxygen atoms in total. The van der Waals surface area contributed by atoms with Gasteiger partial charge in [-0.15, -0.1) is 0 Å². The molecule has 1 unspecified atom stereocenters. The minimum absolute atomic E-state index is 0.0333. The quantitative estimate of drug-likeness (QED) is 0.882. The van der Waals surface area contributed by atoms with E-state index in [9.17, 15) is 4.79 Å². The maximum Gasteiger partial charge on any atom is 0.232 e. The molecule has 0 aromatic heterocycles. The van der Waals surface area contributed by atoms with Gasteiger partial charge in [-0.3, -0.25) is 4.79 Å². The van der Waals surface area contributed by atoms with Gasteiger partial charge in [-0.1, -0.05) is 30.3 Å². The fraction of sp³-hybridized carbons (Fsp3) is 0.316. The van der Waals surface area contributed by atoms with E-state index in [4.69, 9.17) is 9.47 Å². The molecule has 2 aromatic carbocycles. The first-order valence-corrected chi connectivity index (χ1v) is 7.80. The molecule has 0 spiro atoms. The summed E-state index contributed by atoms with van der Waals surface area (Å²) >= 11 is 0. The number of carbonyl (C=O) groups is 1. The van der Waals surface area contributed by atoms with E-state index >= 15 is 0 Å². The van der Waals surface area contributed by atoms with Gasteiger partial charge in [-0.2, -0.15) is 0 Å².